The van der Waals surface area contributed by atoms with E-state index in [4.69, 9.17) is 5.73 Å². The van der Waals surface area contributed by atoms with Crippen molar-refractivity contribution >= 4 is 11.6 Å². The molecule has 0 aliphatic carbocycles. The molecule has 1 fully saturated rings. The molecule has 0 atom stereocenters. The summed E-state index contributed by atoms with van der Waals surface area (Å²) in [4.78, 5) is 8.81. The molecule has 2 N–H and O–H groups in total. The standard InChI is InChI=1S/C17H23FN6/c18-15-3-5-16(6-4-15)22-11-13-23(14-12-22)17(19)20-7-1-9-24-10-2-8-21-24/h2-6,8,10H,1,7,9,11-14H2,(H2,19,20). The number of aromatic nitrogens is 2. The molecular formula is C17H23FN6. The number of anilines is 1. The number of nitrogens with zero attached hydrogens (tertiary/aromatic N) is 5. The van der Waals surface area contributed by atoms with Gasteiger partial charge in [-0.25, -0.2) is 4.39 Å². The van der Waals surface area contributed by atoms with Gasteiger partial charge in [0.1, 0.15) is 5.82 Å². The van der Waals surface area contributed by atoms with Crippen LogP contribution in [0.3, 0.4) is 0 Å². The molecule has 3 rings (SSSR count). The van der Waals surface area contributed by atoms with Crippen LogP contribution in [-0.4, -0.2) is 53.4 Å². The Morgan fingerprint density at radius 3 is 2.58 bits per heavy atom. The van der Waals surface area contributed by atoms with Crippen molar-refractivity contribution in [3.63, 3.8) is 0 Å². The second kappa shape index (κ2) is 7.81. The molecule has 0 spiro atoms. The molecule has 1 aliphatic heterocycles. The van der Waals surface area contributed by atoms with Crippen LogP contribution < -0.4 is 10.6 Å². The molecule has 1 aromatic heterocycles. The number of aliphatic imine (C=N–C) groups is 1. The average Bonchev–Trinajstić information content (AvgIpc) is 3.13. The summed E-state index contributed by atoms with van der Waals surface area (Å²) in [6, 6.07) is 8.54. The number of rotatable bonds is 5. The van der Waals surface area contributed by atoms with Crippen molar-refractivity contribution in [1.82, 2.24) is 14.7 Å². The molecule has 128 valence electrons. The maximum absolute atomic E-state index is 13.0. The molecule has 2 heterocycles. The van der Waals surface area contributed by atoms with E-state index in [0.29, 0.717) is 12.5 Å². The zero-order valence-electron chi connectivity index (χ0n) is 13.7. The third-order valence-corrected chi connectivity index (χ3v) is 4.17. The van der Waals surface area contributed by atoms with E-state index in [0.717, 1.165) is 44.8 Å². The summed E-state index contributed by atoms with van der Waals surface area (Å²) in [5, 5.41) is 4.16. The van der Waals surface area contributed by atoms with Crippen LogP contribution in [0.5, 0.6) is 0 Å². The zero-order chi connectivity index (χ0) is 16.8. The van der Waals surface area contributed by atoms with Crippen LogP contribution in [0.4, 0.5) is 10.1 Å². The van der Waals surface area contributed by atoms with E-state index in [2.05, 4.69) is 19.9 Å². The van der Waals surface area contributed by atoms with E-state index in [1.807, 2.05) is 29.1 Å². The normalized spacial score (nSPS) is 15.8. The molecule has 6 nitrogen and oxygen atoms in total. The first kappa shape index (κ1) is 16.3. The summed E-state index contributed by atoms with van der Waals surface area (Å²) in [5.41, 5.74) is 7.14. The van der Waals surface area contributed by atoms with Gasteiger partial charge in [-0.05, 0) is 36.8 Å². The highest BCUT2D eigenvalue weighted by molar-refractivity contribution is 5.78. The summed E-state index contributed by atoms with van der Waals surface area (Å²) < 4.78 is 14.9. The quantitative estimate of drug-likeness (QED) is 0.513. The van der Waals surface area contributed by atoms with E-state index in [-0.39, 0.29) is 5.82 Å². The molecule has 0 radical (unpaired) electrons. The van der Waals surface area contributed by atoms with Crippen LogP contribution in [0.2, 0.25) is 0 Å². The van der Waals surface area contributed by atoms with E-state index >= 15 is 0 Å². The van der Waals surface area contributed by atoms with Gasteiger partial charge < -0.3 is 15.5 Å². The Labute approximate surface area is 141 Å². The number of aryl methyl sites for hydroxylation is 1. The predicted molar refractivity (Wildman–Crippen MR) is 93.5 cm³/mol. The first-order valence-electron chi connectivity index (χ1n) is 8.25. The molecular weight excluding hydrogens is 307 g/mol. The van der Waals surface area contributed by atoms with Crippen LogP contribution in [-0.2, 0) is 6.54 Å². The Morgan fingerprint density at radius 2 is 1.92 bits per heavy atom. The van der Waals surface area contributed by atoms with Gasteiger partial charge in [0.05, 0.1) is 0 Å². The van der Waals surface area contributed by atoms with Crippen molar-refractivity contribution < 1.29 is 4.39 Å². The summed E-state index contributed by atoms with van der Waals surface area (Å²) in [6.07, 6.45) is 4.64. The molecule has 0 saturated carbocycles. The number of nitrogens with two attached hydrogens (primary N) is 1. The second-order valence-electron chi connectivity index (χ2n) is 5.81. The SMILES string of the molecule is NC(=NCCCn1cccn1)N1CCN(c2ccc(F)cc2)CC1. The monoisotopic (exact) mass is 330 g/mol. The van der Waals surface area contributed by atoms with Gasteiger partial charge >= 0.3 is 0 Å². The number of hydrogen-bond donors (Lipinski definition) is 1. The third kappa shape index (κ3) is 4.24. The molecule has 0 unspecified atom stereocenters. The van der Waals surface area contributed by atoms with E-state index in [1.165, 1.54) is 12.1 Å². The summed E-state index contributed by atoms with van der Waals surface area (Å²) >= 11 is 0. The number of hydrogen-bond acceptors (Lipinski definition) is 3. The van der Waals surface area contributed by atoms with Gasteiger partial charge in [-0.15, -0.1) is 0 Å². The minimum atomic E-state index is -0.205. The molecule has 0 amide bonds. The fourth-order valence-corrected chi connectivity index (χ4v) is 2.80. The van der Waals surface area contributed by atoms with Crippen molar-refractivity contribution in [3.05, 3.63) is 48.5 Å². The summed E-state index contributed by atoms with van der Waals surface area (Å²) in [6.45, 7) is 4.91. The lowest BCUT2D eigenvalue weighted by atomic mass is 10.2. The minimum Gasteiger partial charge on any atom is -0.370 e. The van der Waals surface area contributed by atoms with Crippen LogP contribution in [0, 0.1) is 5.82 Å². The number of benzene rings is 1. The first-order chi connectivity index (χ1) is 11.7. The van der Waals surface area contributed by atoms with Gasteiger partial charge in [0.15, 0.2) is 5.96 Å². The summed E-state index contributed by atoms with van der Waals surface area (Å²) in [5.74, 6) is 0.401. The lowest BCUT2D eigenvalue weighted by Gasteiger charge is -2.36. The zero-order valence-corrected chi connectivity index (χ0v) is 13.7. The van der Waals surface area contributed by atoms with E-state index < -0.39 is 0 Å². The van der Waals surface area contributed by atoms with Gasteiger partial charge in [0, 0.05) is 57.3 Å². The van der Waals surface area contributed by atoms with Crippen LogP contribution >= 0.6 is 0 Å². The Kier molecular flexibility index (Phi) is 5.30. The molecule has 1 aromatic carbocycles. The minimum absolute atomic E-state index is 0.205. The predicted octanol–water partition coefficient (Wildman–Crippen LogP) is 1.55. The number of piperazine rings is 1. The Balaban J connectivity index is 1.43. The molecule has 7 heteroatoms. The maximum atomic E-state index is 13.0. The number of guanidine groups is 1. The van der Waals surface area contributed by atoms with Crippen LogP contribution in [0.15, 0.2) is 47.7 Å². The average molecular weight is 330 g/mol. The largest absolute Gasteiger partial charge is 0.370 e. The highest BCUT2D eigenvalue weighted by Crippen LogP contribution is 2.16. The molecule has 0 bridgehead atoms. The first-order valence-corrected chi connectivity index (χ1v) is 8.25. The third-order valence-electron chi connectivity index (χ3n) is 4.17. The molecule has 2 aromatic rings. The van der Waals surface area contributed by atoms with Crippen molar-refractivity contribution in [1.29, 1.82) is 0 Å². The van der Waals surface area contributed by atoms with Crippen LogP contribution in [0.25, 0.3) is 0 Å². The van der Waals surface area contributed by atoms with Crippen molar-refractivity contribution in [2.75, 3.05) is 37.6 Å². The van der Waals surface area contributed by atoms with E-state index in [1.54, 1.807) is 6.20 Å². The van der Waals surface area contributed by atoms with Crippen LogP contribution in [0.1, 0.15) is 6.42 Å². The Morgan fingerprint density at radius 1 is 1.17 bits per heavy atom. The fraction of sp³-hybridized carbons (Fsp3) is 0.412. The molecule has 1 aliphatic rings. The Hall–Kier alpha value is -2.57. The smallest absolute Gasteiger partial charge is 0.191 e. The molecule has 1 saturated heterocycles. The highest BCUT2D eigenvalue weighted by Gasteiger charge is 2.18. The van der Waals surface area contributed by atoms with Gasteiger partial charge in [-0.2, -0.15) is 5.10 Å². The highest BCUT2D eigenvalue weighted by atomic mass is 19.1. The van der Waals surface area contributed by atoms with Gasteiger partial charge in [-0.1, -0.05) is 0 Å². The maximum Gasteiger partial charge on any atom is 0.191 e. The van der Waals surface area contributed by atoms with Crippen molar-refractivity contribution in [2.24, 2.45) is 10.7 Å². The second-order valence-corrected chi connectivity index (χ2v) is 5.81. The van der Waals surface area contributed by atoms with Crippen molar-refractivity contribution in [2.45, 2.75) is 13.0 Å². The topological polar surface area (TPSA) is 62.7 Å². The summed E-state index contributed by atoms with van der Waals surface area (Å²) in [7, 11) is 0. The Bertz CT molecular complexity index is 644. The lowest BCUT2D eigenvalue weighted by molar-refractivity contribution is 0.380. The fourth-order valence-electron chi connectivity index (χ4n) is 2.80. The van der Waals surface area contributed by atoms with E-state index in [9.17, 15) is 4.39 Å². The van der Waals surface area contributed by atoms with Gasteiger partial charge in [0.25, 0.3) is 0 Å². The van der Waals surface area contributed by atoms with Gasteiger partial charge in [0.2, 0.25) is 0 Å². The van der Waals surface area contributed by atoms with Crippen molar-refractivity contribution in [3.8, 4) is 0 Å². The van der Waals surface area contributed by atoms with Gasteiger partial charge in [-0.3, -0.25) is 9.67 Å². The lowest BCUT2D eigenvalue weighted by Crippen LogP contribution is -2.51. The molecule has 24 heavy (non-hydrogen) atoms. The number of halogens is 1.